The highest BCUT2D eigenvalue weighted by Gasteiger charge is 2.28. The van der Waals surface area contributed by atoms with Crippen molar-refractivity contribution in [3.05, 3.63) is 0 Å². The molecule has 0 radical (unpaired) electrons. The van der Waals surface area contributed by atoms with Crippen LogP contribution in [0.3, 0.4) is 0 Å². The summed E-state index contributed by atoms with van der Waals surface area (Å²) in [6.07, 6.45) is 0.0708. The molecule has 0 unspecified atom stereocenters. The lowest BCUT2D eigenvalue weighted by Gasteiger charge is -2.16. The third-order valence-electron chi connectivity index (χ3n) is 1.95. The predicted octanol–water partition coefficient (Wildman–Crippen LogP) is 1.19. The molecule has 0 aromatic carbocycles. The first-order chi connectivity index (χ1) is 7.55. The number of rotatable bonds is 7. The Kier molecular flexibility index (Phi) is 5.97. The highest BCUT2D eigenvalue weighted by molar-refractivity contribution is 7.85. The number of methoxy groups -OCH3 is 1. The average molecular weight is 274 g/mol. The van der Waals surface area contributed by atoms with Gasteiger partial charge in [0.2, 0.25) is 5.92 Å². The summed E-state index contributed by atoms with van der Waals surface area (Å²) in [6.45, 7) is 0.236. The highest BCUT2D eigenvalue weighted by atomic mass is 32.2. The number of carbonyl (C=O) groups excluding carboxylic acids is 1. The van der Waals surface area contributed by atoms with E-state index in [2.05, 4.69) is 8.92 Å². The second-order valence-corrected chi connectivity index (χ2v) is 5.46. The van der Waals surface area contributed by atoms with Crippen LogP contribution in [0.5, 0.6) is 0 Å². The van der Waals surface area contributed by atoms with Crippen molar-refractivity contribution >= 4 is 16.1 Å². The maximum absolute atomic E-state index is 12.6. The molecule has 0 aromatic rings. The van der Waals surface area contributed by atoms with E-state index in [0.29, 0.717) is 0 Å². The third kappa shape index (κ3) is 8.99. The van der Waals surface area contributed by atoms with Crippen LogP contribution in [-0.2, 0) is 23.8 Å². The van der Waals surface area contributed by atoms with Crippen molar-refractivity contribution in [3.8, 4) is 0 Å². The Morgan fingerprint density at radius 3 is 2.29 bits per heavy atom. The number of halogens is 2. The molecular formula is C9H16F2O5S. The van der Waals surface area contributed by atoms with Gasteiger partial charge in [0, 0.05) is 6.42 Å². The van der Waals surface area contributed by atoms with Crippen molar-refractivity contribution in [2.45, 2.75) is 25.7 Å². The van der Waals surface area contributed by atoms with E-state index in [-0.39, 0.29) is 6.42 Å². The van der Waals surface area contributed by atoms with Crippen molar-refractivity contribution in [1.82, 2.24) is 0 Å². The molecule has 0 spiro atoms. The van der Waals surface area contributed by atoms with Crippen LogP contribution in [0, 0.1) is 5.92 Å². The summed E-state index contributed by atoms with van der Waals surface area (Å²) < 4.78 is 55.5. The van der Waals surface area contributed by atoms with Gasteiger partial charge in [0.1, 0.15) is 0 Å². The van der Waals surface area contributed by atoms with E-state index in [0.717, 1.165) is 20.3 Å². The summed E-state index contributed by atoms with van der Waals surface area (Å²) in [5.41, 5.74) is 0. The maximum atomic E-state index is 12.6. The maximum Gasteiger partial charge on any atom is 0.311 e. The van der Waals surface area contributed by atoms with Crippen molar-refractivity contribution in [2.75, 3.05) is 20.0 Å². The number of hydrogen-bond acceptors (Lipinski definition) is 5. The lowest BCUT2D eigenvalue weighted by atomic mass is 10.0. The van der Waals surface area contributed by atoms with Gasteiger partial charge in [-0.15, -0.1) is 0 Å². The fourth-order valence-electron chi connectivity index (χ4n) is 1.07. The van der Waals surface area contributed by atoms with Crippen LogP contribution in [0.15, 0.2) is 0 Å². The number of ether oxygens (including phenoxy) is 1. The van der Waals surface area contributed by atoms with Crippen LogP contribution >= 0.6 is 0 Å². The van der Waals surface area contributed by atoms with E-state index in [4.69, 9.17) is 0 Å². The monoisotopic (exact) mass is 274 g/mol. The lowest BCUT2D eigenvalue weighted by molar-refractivity contribution is -0.147. The molecule has 0 aromatic heterocycles. The minimum Gasteiger partial charge on any atom is -0.469 e. The van der Waals surface area contributed by atoms with Gasteiger partial charge in [0.05, 0.1) is 25.9 Å². The van der Waals surface area contributed by atoms with Crippen LogP contribution in [0.25, 0.3) is 0 Å². The predicted molar refractivity (Wildman–Crippen MR) is 56.2 cm³/mol. The molecule has 0 aliphatic rings. The highest BCUT2D eigenvalue weighted by Crippen LogP contribution is 2.23. The van der Waals surface area contributed by atoms with Crippen LogP contribution in [0.2, 0.25) is 0 Å². The molecule has 0 heterocycles. The van der Waals surface area contributed by atoms with E-state index in [1.165, 1.54) is 0 Å². The minimum atomic E-state index is -3.71. The molecule has 5 nitrogen and oxygen atoms in total. The first-order valence-corrected chi connectivity index (χ1v) is 6.67. The van der Waals surface area contributed by atoms with Gasteiger partial charge in [-0.3, -0.25) is 8.98 Å². The van der Waals surface area contributed by atoms with E-state index < -0.39 is 41.0 Å². The van der Waals surface area contributed by atoms with Crippen LogP contribution < -0.4 is 0 Å². The molecule has 1 atom stereocenters. The van der Waals surface area contributed by atoms with E-state index in [9.17, 15) is 22.0 Å². The largest absolute Gasteiger partial charge is 0.469 e. The van der Waals surface area contributed by atoms with E-state index in [1.54, 1.807) is 0 Å². The number of esters is 1. The number of hydrogen-bond donors (Lipinski definition) is 0. The molecule has 0 amide bonds. The first-order valence-electron chi connectivity index (χ1n) is 4.85. The van der Waals surface area contributed by atoms with Gasteiger partial charge in [-0.25, -0.2) is 8.78 Å². The first kappa shape index (κ1) is 16.2. The molecule has 0 fully saturated rings. The minimum absolute atomic E-state index is 0.203. The van der Waals surface area contributed by atoms with Gasteiger partial charge < -0.3 is 4.74 Å². The third-order valence-corrected chi connectivity index (χ3v) is 2.51. The molecule has 0 aliphatic carbocycles. The fraction of sp³-hybridized carbons (Fsp3) is 0.889. The SMILES string of the molecule is COC(=O)[C@@H](CCC(C)(F)F)COS(C)(=O)=O. The summed E-state index contributed by atoms with van der Waals surface area (Å²) in [5, 5.41) is 0. The zero-order valence-electron chi connectivity index (χ0n) is 9.90. The number of carbonyl (C=O) groups is 1. The topological polar surface area (TPSA) is 69.7 Å². The summed E-state index contributed by atoms with van der Waals surface area (Å²) in [5.74, 6) is -4.70. The van der Waals surface area contributed by atoms with Crippen molar-refractivity contribution in [2.24, 2.45) is 5.92 Å². The molecule has 0 rings (SSSR count). The lowest BCUT2D eigenvalue weighted by Crippen LogP contribution is -2.25. The Morgan fingerprint density at radius 1 is 1.41 bits per heavy atom. The van der Waals surface area contributed by atoms with Crippen LogP contribution in [0.1, 0.15) is 19.8 Å². The molecule has 0 bridgehead atoms. The molecule has 0 saturated heterocycles. The summed E-state index contributed by atoms with van der Waals surface area (Å²) in [7, 11) is -2.61. The number of alkyl halides is 2. The van der Waals surface area contributed by atoms with Crippen molar-refractivity contribution in [1.29, 1.82) is 0 Å². The normalized spacial score (nSPS) is 14.4. The molecular weight excluding hydrogens is 258 g/mol. The molecule has 102 valence electrons. The van der Waals surface area contributed by atoms with E-state index >= 15 is 0 Å². The van der Waals surface area contributed by atoms with Gasteiger partial charge in [-0.2, -0.15) is 8.42 Å². The summed E-state index contributed by atoms with van der Waals surface area (Å²) in [6, 6.07) is 0. The summed E-state index contributed by atoms with van der Waals surface area (Å²) in [4.78, 5) is 11.2. The standard InChI is InChI=1S/C9H16F2O5S/c1-9(10,11)5-4-7(8(12)15-2)6-16-17(3,13)14/h7H,4-6H2,1-3H3/t7-/m0/s1. The zero-order valence-corrected chi connectivity index (χ0v) is 10.7. The average Bonchev–Trinajstić information content (AvgIpc) is 2.13. The Labute approximate surface area is 99.2 Å². The van der Waals surface area contributed by atoms with Gasteiger partial charge in [-0.1, -0.05) is 0 Å². The molecule has 0 aliphatic heterocycles. The zero-order chi connectivity index (χ0) is 13.7. The van der Waals surface area contributed by atoms with Crippen LogP contribution in [-0.4, -0.2) is 40.3 Å². The quantitative estimate of drug-likeness (QED) is 0.515. The van der Waals surface area contributed by atoms with Crippen molar-refractivity contribution < 1.29 is 30.9 Å². The van der Waals surface area contributed by atoms with Crippen molar-refractivity contribution in [3.63, 3.8) is 0 Å². The van der Waals surface area contributed by atoms with Crippen LogP contribution in [0.4, 0.5) is 8.78 Å². The Morgan fingerprint density at radius 2 is 1.94 bits per heavy atom. The van der Waals surface area contributed by atoms with Gasteiger partial charge in [-0.05, 0) is 13.3 Å². The Hall–Kier alpha value is -0.760. The van der Waals surface area contributed by atoms with E-state index in [1.807, 2.05) is 0 Å². The molecule has 8 heteroatoms. The fourth-order valence-corrected chi connectivity index (χ4v) is 1.48. The van der Waals surface area contributed by atoms with Gasteiger partial charge >= 0.3 is 5.97 Å². The molecule has 0 saturated carbocycles. The smallest absolute Gasteiger partial charge is 0.311 e. The summed E-state index contributed by atoms with van der Waals surface area (Å²) >= 11 is 0. The Bertz CT molecular complexity index is 347. The van der Waals surface area contributed by atoms with Gasteiger partial charge in [0.15, 0.2) is 0 Å². The van der Waals surface area contributed by atoms with Gasteiger partial charge in [0.25, 0.3) is 10.1 Å². The molecule has 0 N–H and O–H groups in total. The molecule has 17 heavy (non-hydrogen) atoms. The second kappa shape index (κ2) is 6.25. The Balaban J connectivity index is 4.40. The second-order valence-electron chi connectivity index (χ2n) is 3.82.